The van der Waals surface area contributed by atoms with Crippen molar-refractivity contribution in [1.82, 2.24) is 0 Å². The summed E-state index contributed by atoms with van der Waals surface area (Å²) >= 11 is 8.67. The van der Waals surface area contributed by atoms with E-state index in [-0.39, 0.29) is 17.4 Å². The van der Waals surface area contributed by atoms with Crippen molar-refractivity contribution in [2.45, 2.75) is 20.8 Å². The van der Waals surface area contributed by atoms with Gasteiger partial charge >= 0.3 is 0 Å². The van der Waals surface area contributed by atoms with Crippen LogP contribution in [0.1, 0.15) is 37.4 Å². The predicted molar refractivity (Wildman–Crippen MR) is 91.7 cm³/mol. The standard InChI is InChI=1S/C16H13ClO2S2/c1-7-10-4-13(9(3)18)20-15(10)8(2)11-5-14(12(19)6-17)21-16(7)11/h4-5H,6H2,1-3H3. The Morgan fingerprint density at radius 3 is 1.95 bits per heavy atom. The molecule has 0 fully saturated rings. The third kappa shape index (κ3) is 2.22. The van der Waals surface area contributed by atoms with Crippen molar-refractivity contribution in [2.24, 2.45) is 0 Å². The first kappa shape index (κ1) is 14.7. The first-order chi connectivity index (χ1) is 9.93. The van der Waals surface area contributed by atoms with Gasteiger partial charge in [0.2, 0.25) is 0 Å². The maximum atomic E-state index is 11.8. The molecule has 0 unspecified atom stereocenters. The Morgan fingerprint density at radius 1 is 1.00 bits per heavy atom. The lowest BCUT2D eigenvalue weighted by Crippen LogP contribution is -1.95. The molecule has 2 heterocycles. The second kappa shape index (κ2) is 5.20. The summed E-state index contributed by atoms with van der Waals surface area (Å²) in [5.41, 5.74) is 2.26. The number of hydrogen-bond donors (Lipinski definition) is 0. The van der Waals surface area contributed by atoms with Gasteiger partial charge in [-0.15, -0.1) is 34.3 Å². The molecule has 0 aliphatic carbocycles. The lowest BCUT2D eigenvalue weighted by molar-refractivity contribution is 0.101. The van der Waals surface area contributed by atoms with Crippen LogP contribution in [0.5, 0.6) is 0 Å². The van der Waals surface area contributed by atoms with Crippen LogP contribution in [0.15, 0.2) is 12.1 Å². The number of thiophene rings is 2. The van der Waals surface area contributed by atoms with E-state index >= 15 is 0 Å². The number of carbonyl (C=O) groups is 2. The van der Waals surface area contributed by atoms with Gasteiger partial charge in [-0.25, -0.2) is 0 Å². The molecule has 0 bridgehead atoms. The molecule has 108 valence electrons. The summed E-state index contributed by atoms with van der Waals surface area (Å²) in [6.07, 6.45) is 0. The molecule has 2 nitrogen and oxygen atoms in total. The van der Waals surface area contributed by atoms with E-state index in [1.165, 1.54) is 22.7 Å². The highest BCUT2D eigenvalue weighted by Crippen LogP contribution is 2.41. The quantitative estimate of drug-likeness (QED) is 0.477. The molecule has 5 heteroatoms. The minimum absolute atomic E-state index is 0.00771. The van der Waals surface area contributed by atoms with Crippen LogP contribution >= 0.6 is 34.3 Å². The number of halogens is 1. The number of fused-ring (bicyclic) bond motifs is 2. The fourth-order valence-electron chi connectivity index (χ4n) is 2.52. The molecule has 0 radical (unpaired) electrons. The number of alkyl halides is 1. The number of hydrogen-bond acceptors (Lipinski definition) is 4. The fraction of sp³-hybridized carbons (Fsp3) is 0.250. The summed E-state index contributed by atoms with van der Waals surface area (Å²) in [7, 11) is 0. The molecule has 0 saturated heterocycles. The predicted octanol–water partition coefficient (Wildman–Crippen LogP) is 5.36. The molecule has 0 atom stereocenters. The first-order valence-electron chi connectivity index (χ1n) is 6.50. The van der Waals surface area contributed by atoms with Crippen molar-refractivity contribution in [3.05, 3.63) is 33.0 Å². The Hall–Kier alpha value is -1.23. The van der Waals surface area contributed by atoms with Crippen molar-refractivity contribution >= 4 is 66.0 Å². The largest absolute Gasteiger partial charge is 0.294 e. The van der Waals surface area contributed by atoms with Crippen molar-refractivity contribution in [3.8, 4) is 0 Å². The maximum Gasteiger partial charge on any atom is 0.187 e. The Bertz CT molecular complexity index is 845. The lowest BCUT2D eigenvalue weighted by atomic mass is 10.0. The van der Waals surface area contributed by atoms with Crippen LogP contribution in [0, 0.1) is 13.8 Å². The van der Waals surface area contributed by atoms with Gasteiger partial charge in [0.1, 0.15) is 0 Å². The van der Waals surface area contributed by atoms with Gasteiger partial charge in [0, 0.05) is 9.40 Å². The van der Waals surface area contributed by atoms with E-state index in [9.17, 15) is 9.59 Å². The zero-order valence-electron chi connectivity index (χ0n) is 11.9. The van der Waals surface area contributed by atoms with Crippen molar-refractivity contribution in [3.63, 3.8) is 0 Å². The highest BCUT2D eigenvalue weighted by Gasteiger charge is 2.18. The Labute approximate surface area is 135 Å². The van der Waals surface area contributed by atoms with Gasteiger partial charge in [-0.3, -0.25) is 9.59 Å². The smallest absolute Gasteiger partial charge is 0.187 e. The summed E-state index contributed by atoms with van der Waals surface area (Å²) in [5.74, 6) is 0.0640. The number of benzene rings is 1. The van der Waals surface area contributed by atoms with Crippen LogP contribution in [0.3, 0.4) is 0 Å². The van der Waals surface area contributed by atoms with Crippen molar-refractivity contribution in [1.29, 1.82) is 0 Å². The molecule has 0 amide bonds. The Kier molecular flexibility index (Phi) is 3.64. The van der Waals surface area contributed by atoms with Crippen molar-refractivity contribution in [2.75, 3.05) is 5.88 Å². The zero-order chi connectivity index (χ0) is 15.3. The van der Waals surface area contributed by atoms with Crippen LogP contribution in [0.2, 0.25) is 0 Å². The highest BCUT2D eigenvalue weighted by atomic mass is 35.5. The minimum atomic E-state index is -0.0375. The SMILES string of the molecule is CC(=O)c1cc2c(C)c3sc(C(=O)CCl)cc3c(C)c2s1. The topological polar surface area (TPSA) is 34.1 Å². The van der Waals surface area contributed by atoms with Gasteiger partial charge in [0.15, 0.2) is 11.6 Å². The summed E-state index contributed by atoms with van der Waals surface area (Å²) in [6.45, 7) is 5.69. The van der Waals surface area contributed by atoms with Gasteiger partial charge in [-0.05, 0) is 54.8 Å². The third-order valence-corrected chi connectivity index (χ3v) is 6.59. The molecular formula is C16H13ClO2S2. The Morgan fingerprint density at radius 2 is 1.48 bits per heavy atom. The van der Waals surface area contributed by atoms with Crippen LogP contribution < -0.4 is 0 Å². The second-order valence-corrected chi connectivity index (χ2v) is 7.44. The number of aryl methyl sites for hydroxylation is 2. The van der Waals surface area contributed by atoms with E-state index < -0.39 is 0 Å². The third-order valence-electron chi connectivity index (χ3n) is 3.70. The van der Waals surface area contributed by atoms with Gasteiger partial charge in [-0.2, -0.15) is 0 Å². The van der Waals surface area contributed by atoms with Gasteiger partial charge < -0.3 is 0 Å². The first-order valence-corrected chi connectivity index (χ1v) is 8.67. The van der Waals surface area contributed by atoms with Gasteiger partial charge in [0.25, 0.3) is 0 Å². The molecule has 0 aliphatic rings. The Balaban J connectivity index is 2.38. The zero-order valence-corrected chi connectivity index (χ0v) is 14.3. The van der Waals surface area contributed by atoms with E-state index in [1.54, 1.807) is 6.92 Å². The minimum Gasteiger partial charge on any atom is -0.294 e. The normalized spacial score (nSPS) is 11.4. The fourth-order valence-corrected chi connectivity index (χ4v) is 5.03. The molecule has 3 aromatic rings. The molecule has 0 aliphatic heterocycles. The van der Waals surface area contributed by atoms with E-state index in [0.717, 1.165) is 36.2 Å². The lowest BCUT2D eigenvalue weighted by Gasteiger charge is -2.03. The number of Topliss-reactive ketones (excluding diaryl/α,β-unsaturated/α-hetero) is 2. The van der Waals surface area contributed by atoms with Crippen LogP contribution in [-0.2, 0) is 0 Å². The highest BCUT2D eigenvalue weighted by molar-refractivity contribution is 7.23. The molecular weight excluding hydrogens is 324 g/mol. The van der Waals surface area contributed by atoms with Crippen LogP contribution in [0.25, 0.3) is 20.2 Å². The summed E-state index contributed by atoms with van der Waals surface area (Å²) in [6, 6.07) is 3.90. The molecule has 21 heavy (non-hydrogen) atoms. The average Bonchev–Trinajstić information content (AvgIpc) is 3.08. The van der Waals surface area contributed by atoms with Crippen molar-refractivity contribution < 1.29 is 9.59 Å². The van der Waals surface area contributed by atoms with E-state index in [4.69, 9.17) is 11.6 Å². The van der Waals surface area contributed by atoms with E-state index in [2.05, 4.69) is 0 Å². The summed E-state index contributed by atoms with van der Waals surface area (Å²) in [5, 5.41) is 2.21. The number of rotatable bonds is 3. The molecule has 0 N–H and O–H groups in total. The number of carbonyl (C=O) groups excluding carboxylic acids is 2. The molecule has 0 spiro atoms. The monoisotopic (exact) mass is 336 g/mol. The number of ketones is 2. The molecule has 3 rings (SSSR count). The summed E-state index contributed by atoms with van der Waals surface area (Å²) in [4.78, 5) is 24.9. The van der Waals surface area contributed by atoms with Crippen LogP contribution in [-0.4, -0.2) is 17.4 Å². The van der Waals surface area contributed by atoms with E-state index in [1.807, 2.05) is 26.0 Å². The average molecular weight is 337 g/mol. The van der Waals surface area contributed by atoms with Gasteiger partial charge in [0.05, 0.1) is 15.6 Å². The van der Waals surface area contributed by atoms with E-state index in [0.29, 0.717) is 4.88 Å². The van der Waals surface area contributed by atoms with Crippen LogP contribution in [0.4, 0.5) is 0 Å². The second-order valence-electron chi connectivity index (χ2n) is 5.07. The molecule has 1 aromatic carbocycles. The molecule has 2 aromatic heterocycles. The van der Waals surface area contributed by atoms with Gasteiger partial charge in [-0.1, -0.05) is 0 Å². The maximum absolute atomic E-state index is 11.8. The molecule has 0 saturated carbocycles. The summed E-state index contributed by atoms with van der Waals surface area (Å²) < 4.78 is 2.24.